The van der Waals surface area contributed by atoms with E-state index in [2.05, 4.69) is 26.1 Å². The molecule has 82 valence electrons. The van der Waals surface area contributed by atoms with E-state index >= 15 is 0 Å². The van der Waals surface area contributed by atoms with E-state index in [0.29, 0.717) is 9.11 Å². The van der Waals surface area contributed by atoms with E-state index in [4.69, 9.17) is 4.74 Å². The van der Waals surface area contributed by atoms with E-state index in [1.807, 2.05) is 43.3 Å². The van der Waals surface area contributed by atoms with Gasteiger partial charge in [0.1, 0.15) is 5.75 Å². The molecule has 0 aliphatic heterocycles. The van der Waals surface area contributed by atoms with Gasteiger partial charge in [-0.2, -0.15) is 0 Å². The van der Waals surface area contributed by atoms with Crippen molar-refractivity contribution in [1.82, 2.24) is 10.2 Å². The minimum absolute atomic E-state index is 0.531. The fraction of sp³-hybridized carbons (Fsp3) is 0.0909. The van der Waals surface area contributed by atoms with Gasteiger partial charge >= 0.3 is 0 Å². The van der Waals surface area contributed by atoms with Gasteiger partial charge in [-0.1, -0.05) is 35.4 Å². The summed E-state index contributed by atoms with van der Waals surface area (Å²) in [5.41, 5.74) is 1.02. The topological polar surface area (TPSA) is 35.0 Å². The zero-order valence-corrected chi connectivity index (χ0v) is 11.0. The molecule has 0 bridgehead atoms. The van der Waals surface area contributed by atoms with Crippen LogP contribution < -0.4 is 4.74 Å². The molecule has 16 heavy (non-hydrogen) atoms. The Hall–Kier alpha value is -1.20. The molecular weight excluding hydrogens is 288 g/mol. The zero-order chi connectivity index (χ0) is 11.4. The van der Waals surface area contributed by atoms with Gasteiger partial charge in [0.15, 0.2) is 3.92 Å². The van der Waals surface area contributed by atoms with Crippen LogP contribution >= 0.6 is 27.3 Å². The first-order valence-corrected chi connectivity index (χ1v) is 6.29. The molecule has 0 atom stereocenters. The first kappa shape index (κ1) is 11.3. The van der Waals surface area contributed by atoms with Gasteiger partial charge in [0.2, 0.25) is 0 Å². The van der Waals surface area contributed by atoms with Gasteiger partial charge in [0.05, 0.1) is 0 Å². The highest BCUT2D eigenvalue weighted by Gasteiger charge is 2.06. The molecule has 3 nitrogen and oxygen atoms in total. The Balaban J connectivity index is 2.27. The third kappa shape index (κ3) is 2.68. The van der Waals surface area contributed by atoms with Gasteiger partial charge < -0.3 is 4.74 Å². The van der Waals surface area contributed by atoms with Gasteiger partial charge in [0, 0.05) is 5.56 Å². The Labute approximate surface area is 106 Å². The van der Waals surface area contributed by atoms with Crippen LogP contribution in [0.3, 0.4) is 0 Å². The fourth-order valence-electron chi connectivity index (χ4n) is 1.22. The quantitative estimate of drug-likeness (QED) is 0.854. The van der Waals surface area contributed by atoms with Gasteiger partial charge in [-0.25, -0.2) is 0 Å². The molecule has 0 aliphatic carbocycles. The Bertz CT molecular complexity index is 510. The normalized spacial score (nSPS) is 10.9. The third-order valence-corrected chi connectivity index (χ3v) is 3.08. The molecule has 1 heterocycles. The number of nitrogens with zero attached hydrogens (tertiary/aromatic N) is 2. The maximum atomic E-state index is 5.65. The zero-order valence-electron chi connectivity index (χ0n) is 8.55. The van der Waals surface area contributed by atoms with Crippen molar-refractivity contribution in [3.63, 3.8) is 0 Å². The van der Waals surface area contributed by atoms with Crippen molar-refractivity contribution in [2.45, 2.75) is 6.92 Å². The molecule has 1 aromatic heterocycles. The molecule has 0 unspecified atom stereocenters. The average molecular weight is 297 g/mol. The fourth-order valence-corrected chi connectivity index (χ4v) is 2.15. The molecular formula is C11H9BrN2OS. The molecule has 5 heteroatoms. The summed E-state index contributed by atoms with van der Waals surface area (Å²) in [5.74, 6) is 0.782. The number of hydrogen-bond acceptors (Lipinski definition) is 4. The Morgan fingerprint density at radius 1 is 1.31 bits per heavy atom. The summed E-state index contributed by atoms with van der Waals surface area (Å²) in [4.78, 5) is 0. The van der Waals surface area contributed by atoms with E-state index in [-0.39, 0.29) is 0 Å². The monoisotopic (exact) mass is 296 g/mol. The van der Waals surface area contributed by atoms with Crippen molar-refractivity contribution in [3.8, 4) is 10.9 Å². The van der Waals surface area contributed by atoms with Gasteiger partial charge in [-0.3, -0.25) is 0 Å². The second-order valence-corrected chi connectivity index (χ2v) is 5.18. The van der Waals surface area contributed by atoms with Crippen LogP contribution in [-0.4, -0.2) is 10.2 Å². The summed E-state index contributed by atoms with van der Waals surface area (Å²) >= 11 is 4.60. The predicted octanol–water partition coefficient (Wildman–Crippen LogP) is 4.13. The number of ether oxygens (including phenoxy) is 1. The van der Waals surface area contributed by atoms with Crippen molar-refractivity contribution in [3.05, 3.63) is 39.8 Å². The summed E-state index contributed by atoms with van der Waals surface area (Å²) in [5, 5.41) is 8.25. The van der Waals surface area contributed by atoms with E-state index in [1.54, 1.807) is 0 Å². The van der Waals surface area contributed by atoms with Crippen LogP contribution in [0.1, 0.15) is 12.5 Å². The van der Waals surface area contributed by atoms with E-state index in [0.717, 1.165) is 11.3 Å². The molecule has 0 aliphatic rings. The highest BCUT2D eigenvalue weighted by molar-refractivity contribution is 9.11. The minimum Gasteiger partial charge on any atom is -0.429 e. The van der Waals surface area contributed by atoms with Crippen molar-refractivity contribution in [2.24, 2.45) is 0 Å². The standard InChI is InChI=1S/C11H9BrN2OS/c1-2-5-8-6-3-4-7-9(8)15-11-14-13-10(12)16-11/h2-7H,1H3. The molecule has 2 rings (SSSR count). The number of allylic oxidation sites excluding steroid dienone is 1. The van der Waals surface area contributed by atoms with Crippen LogP contribution in [0.2, 0.25) is 0 Å². The van der Waals surface area contributed by atoms with Crippen LogP contribution in [0.15, 0.2) is 34.3 Å². The largest absolute Gasteiger partial charge is 0.429 e. The van der Waals surface area contributed by atoms with Crippen LogP contribution in [-0.2, 0) is 0 Å². The molecule has 1 aromatic carbocycles. The molecule has 0 fully saturated rings. The second kappa shape index (κ2) is 5.23. The number of hydrogen-bond donors (Lipinski definition) is 0. The van der Waals surface area contributed by atoms with E-state index < -0.39 is 0 Å². The Kier molecular flexibility index (Phi) is 3.69. The first-order chi connectivity index (χ1) is 7.79. The lowest BCUT2D eigenvalue weighted by molar-refractivity contribution is 0.472. The third-order valence-electron chi connectivity index (χ3n) is 1.84. The number of rotatable bonds is 3. The van der Waals surface area contributed by atoms with Crippen molar-refractivity contribution in [2.75, 3.05) is 0 Å². The van der Waals surface area contributed by atoms with Gasteiger partial charge in [-0.05, 0) is 40.3 Å². The maximum Gasteiger partial charge on any atom is 0.300 e. The molecule has 0 radical (unpaired) electrons. The maximum absolute atomic E-state index is 5.65. The van der Waals surface area contributed by atoms with E-state index in [9.17, 15) is 0 Å². The van der Waals surface area contributed by atoms with Crippen LogP contribution in [0.4, 0.5) is 0 Å². The van der Waals surface area contributed by atoms with Crippen LogP contribution in [0.25, 0.3) is 6.08 Å². The predicted molar refractivity (Wildman–Crippen MR) is 68.8 cm³/mol. The minimum atomic E-state index is 0.531. The second-order valence-electron chi connectivity index (χ2n) is 2.96. The summed E-state index contributed by atoms with van der Waals surface area (Å²) in [6.07, 6.45) is 3.96. The van der Waals surface area contributed by atoms with Crippen LogP contribution in [0.5, 0.6) is 10.9 Å². The van der Waals surface area contributed by atoms with Crippen molar-refractivity contribution >= 4 is 33.3 Å². The molecule has 0 saturated carbocycles. The number of aromatic nitrogens is 2. The first-order valence-electron chi connectivity index (χ1n) is 4.68. The Morgan fingerprint density at radius 2 is 2.12 bits per heavy atom. The number of para-hydroxylation sites is 1. The summed E-state index contributed by atoms with van der Waals surface area (Å²) in [6, 6.07) is 7.80. The van der Waals surface area contributed by atoms with Crippen molar-refractivity contribution in [1.29, 1.82) is 0 Å². The average Bonchev–Trinajstić information content (AvgIpc) is 2.67. The summed E-state index contributed by atoms with van der Waals surface area (Å²) < 4.78 is 6.36. The lowest BCUT2D eigenvalue weighted by Crippen LogP contribution is -1.86. The number of halogens is 1. The van der Waals surface area contributed by atoms with Crippen molar-refractivity contribution < 1.29 is 4.74 Å². The van der Waals surface area contributed by atoms with Gasteiger partial charge in [0.25, 0.3) is 5.19 Å². The van der Waals surface area contributed by atoms with Gasteiger partial charge in [-0.15, -0.1) is 5.10 Å². The Morgan fingerprint density at radius 3 is 2.81 bits per heavy atom. The number of benzene rings is 1. The molecule has 0 N–H and O–H groups in total. The van der Waals surface area contributed by atoms with E-state index in [1.165, 1.54) is 11.3 Å². The lowest BCUT2D eigenvalue weighted by atomic mass is 10.2. The summed E-state index contributed by atoms with van der Waals surface area (Å²) in [6.45, 7) is 1.97. The van der Waals surface area contributed by atoms with Crippen LogP contribution in [0, 0.1) is 0 Å². The molecule has 2 aromatic rings. The SMILES string of the molecule is CC=Cc1ccccc1Oc1nnc(Br)s1. The highest BCUT2D eigenvalue weighted by Crippen LogP contribution is 2.30. The molecule has 0 amide bonds. The molecule has 0 saturated heterocycles. The lowest BCUT2D eigenvalue weighted by Gasteiger charge is -2.04. The summed E-state index contributed by atoms with van der Waals surface area (Å²) in [7, 11) is 0. The smallest absolute Gasteiger partial charge is 0.300 e. The molecule has 0 spiro atoms. The highest BCUT2D eigenvalue weighted by atomic mass is 79.9.